The van der Waals surface area contributed by atoms with Crippen LogP contribution in [0.15, 0.2) is 0 Å². The number of aliphatic hydroxyl groups is 2. The molecule has 0 spiro atoms. The average Bonchev–Trinajstić information content (AvgIpc) is 2.73. The molecule has 0 amide bonds. The smallest absolute Gasteiger partial charge is 0.155 e. The van der Waals surface area contributed by atoms with Crippen LogP contribution in [0, 0.1) is 5.92 Å². The van der Waals surface area contributed by atoms with Crippen molar-refractivity contribution in [2.24, 2.45) is 5.92 Å². The maximum atomic E-state index is 12.0. The molecule has 0 aromatic carbocycles. The van der Waals surface area contributed by atoms with Crippen molar-refractivity contribution in [1.29, 1.82) is 0 Å². The number of hydrogen-bond donors (Lipinski definition) is 3. The summed E-state index contributed by atoms with van der Waals surface area (Å²) in [6.07, 6.45) is 18.6. The molecule has 0 aliphatic heterocycles. The van der Waals surface area contributed by atoms with Crippen molar-refractivity contribution < 1.29 is 23.7 Å². The first-order valence-electron chi connectivity index (χ1n) is 13.0. The molecule has 188 valence electrons. The number of ether oxygens (including phenoxy) is 1. The highest BCUT2D eigenvalue weighted by atomic mass is 32.2. The van der Waals surface area contributed by atoms with Gasteiger partial charge in [0.05, 0.1) is 11.9 Å². The quantitative estimate of drug-likeness (QED) is 0.0853. The Morgan fingerprint density at radius 1 is 0.677 bits per heavy atom. The van der Waals surface area contributed by atoms with Gasteiger partial charge >= 0.3 is 0 Å². The van der Waals surface area contributed by atoms with Crippen LogP contribution in [-0.2, 0) is 15.8 Å². The summed E-state index contributed by atoms with van der Waals surface area (Å²) in [6.45, 7) is 5.37. The summed E-state index contributed by atoms with van der Waals surface area (Å²) in [5.74, 6) is 0.399. The predicted octanol–water partition coefficient (Wildman–Crippen LogP) is 6.58. The summed E-state index contributed by atoms with van der Waals surface area (Å²) in [5, 5.41) is 17.7. The van der Waals surface area contributed by atoms with Gasteiger partial charge < -0.3 is 19.5 Å². The van der Waals surface area contributed by atoms with Crippen LogP contribution in [0.3, 0.4) is 0 Å². The summed E-state index contributed by atoms with van der Waals surface area (Å²) < 4.78 is 27.4. The minimum Gasteiger partial charge on any atom is -0.381 e. The maximum absolute atomic E-state index is 12.0. The highest BCUT2D eigenvalue weighted by molar-refractivity contribution is 7.79. The second kappa shape index (κ2) is 23.2. The van der Waals surface area contributed by atoms with Crippen molar-refractivity contribution in [2.75, 3.05) is 13.2 Å². The van der Waals surface area contributed by atoms with Crippen LogP contribution in [0.5, 0.6) is 0 Å². The molecule has 0 aliphatic rings. The van der Waals surface area contributed by atoms with Gasteiger partial charge in [-0.25, -0.2) is 4.21 Å². The van der Waals surface area contributed by atoms with E-state index in [-0.39, 0.29) is 11.7 Å². The van der Waals surface area contributed by atoms with E-state index in [1.54, 1.807) is 0 Å². The van der Waals surface area contributed by atoms with E-state index in [0.717, 1.165) is 38.5 Å². The first kappa shape index (κ1) is 31.0. The van der Waals surface area contributed by atoms with Gasteiger partial charge in [-0.05, 0) is 25.2 Å². The molecule has 6 heteroatoms. The van der Waals surface area contributed by atoms with E-state index >= 15 is 0 Å². The molecule has 3 N–H and O–H groups in total. The molecule has 0 aromatic heterocycles. The minimum absolute atomic E-state index is 0.139. The van der Waals surface area contributed by atoms with E-state index < -0.39 is 17.4 Å². The minimum atomic E-state index is -1.77. The zero-order valence-corrected chi connectivity index (χ0v) is 21.3. The summed E-state index contributed by atoms with van der Waals surface area (Å²) in [5.41, 5.74) is 0. The van der Waals surface area contributed by atoms with Crippen LogP contribution >= 0.6 is 0 Å². The molecule has 0 heterocycles. The van der Waals surface area contributed by atoms with E-state index in [1.807, 2.05) is 0 Å². The molecule has 0 aromatic rings. The van der Waals surface area contributed by atoms with Crippen molar-refractivity contribution >= 4 is 11.1 Å². The lowest BCUT2D eigenvalue weighted by molar-refractivity contribution is -0.0616. The Balaban J connectivity index is 4.31. The first-order chi connectivity index (χ1) is 15.0. The topological polar surface area (TPSA) is 87.0 Å². The van der Waals surface area contributed by atoms with Crippen LogP contribution in [-0.4, -0.2) is 43.7 Å². The summed E-state index contributed by atoms with van der Waals surface area (Å²) >= 11 is -1.77. The number of rotatable bonds is 24. The summed E-state index contributed by atoms with van der Waals surface area (Å²) in [6, 6.07) is 0. The molecule has 0 rings (SSSR count). The average molecular weight is 465 g/mol. The Morgan fingerprint density at radius 3 is 1.68 bits per heavy atom. The van der Waals surface area contributed by atoms with Crippen molar-refractivity contribution in [3.05, 3.63) is 0 Å². The van der Waals surface area contributed by atoms with Gasteiger partial charge in [-0.3, -0.25) is 0 Å². The SMILES string of the molecule is CCCCCCCCCCC(CC(CCCCCCC)CCOCCC(O)O)S(=O)O. The second-order valence-corrected chi connectivity index (χ2v) is 10.4. The molecule has 0 fully saturated rings. The van der Waals surface area contributed by atoms with Gasteiger partial charge in [0.25, 0.3) is 0 Å². The lowest BCUT2D eigenvalue weighted by atomic mass is 9.91. The molecule has 5 nitrogen and oxygen atoms in total. The van der Waals surface area contributed by atoms with Crippen molar-refractivity contribution in [2.45, 2.75) is 141 Å². The highest BCUT2D eigenvalue weighted by Gasteiger charge is 2.21. The Bertz CT molecular complexity index is 392. The van der Waals surface area contributed by atoms with E-state index in [1.165, 1.54) is 70.6 Å². The third kappa shape index (κ3) is 21.6. The maximum Gasteiger partial charge on any atom is 0.155 e. The van der Waals surface area contributed by atoms with Crippen molar-refractivity contribution in [3.8, 4) is 0 Å². The van der Waals surface area contributed by atoms with Crippen LogP contribution in [0.2, 0.25) is 0 Å². The number of hydrogen-bond acceptors (Lipinski definition) is 4. The van der Waals surface area contributed by atoms with Crippen molar-refractivity contribution in [1.82, 2.24) is 0 Å². The van der Waals surface area contributed by atoms with E-state index in [0.29, 0.717) is 19.1 Å². The predicted molar refractivity (Wildman–Crippen MR) is 132 cm³/mol. The lowest BCUT2D eigenvalue weighted by Gasteiger charge is -2.22. The Kier molecular flexibility index (Phi) is 23.2. The van der Waals surface area contributed by atoms with Crippen LogP contribution in [0.1, 0.15) is 129 Å². The second-order valence-electron chi connectivity index (χ2n) is 9.14. The molecule has 0 aliphatic carbocycles. The van der Waals surface area contributed by atoms with Crippen molar-refractivity contribution in [3.63, 3.8) is 0 Å². The molecule has 3 unspecified atom stereocenters. The standard InChI is InChI=1S/C25H52O5S/c1-3-5-7-9-10-11-13-15-17-24(31(28)29)22-23(16-14-12-8-6-4-2)18-20-30-21-19-25(26)27/h23-27H,3-22H2,1-2H3,(H,28,29). The zero-order chi connectivity index (χ0) is 23.2. The van der Waals surface area contributed by atoms with Gasteiger partial charge in [-0.1, -0.05) is 104 Å². The van der Waals surface area contributed by atoms with Gasteiger partial charge in [0.2, 0.25) is 0 Å². The summed E-state index contributed by atoms with van der Waals surface area (Å²) in [4.78, 5) is 0. The van der Waals surface area contributed by atoms with Gasteiger partial charge in [0.15, 0.2) is 17.4 Å². The van der Waals surface area contributed by atoms with Crippen LogP contribution in [0.4, 0.5) is 0 Å². The Hall–Kier alpha value is -0.0100. The molecule has 0 radical (unpaired) electrons. The Morgan fingerprint density at radius 2 is 1.16 bits per heavy atom. The number of aliphatic hydroxyl groups excluding tert-OH is 1. The van der Waals surface area contributed by atoms with E-state index in [4.69, 9.17) is 14.9 Å². The lowest BCUT2D eigenvalue weighted by Crippen LogP contribution is -2.21. The normalized spacial score (nSPS) is 14.8. The molecular weight excluding hydrogens is 412 g/mol. The molecule has 0 saturated heterocycles. The van der Waals surface area contributed by atoms with E-state index in [2.05, 4.69) is 13.8 Å². The fraction of sp³-hybridized carbons (Fsp3) is 1.00. The zero-order valence-electron chi connectivity index (χ0n) is 20.4. The molecule has 0 saturated carbocycles. The molecule has 31 heavy (non-hydrogen) atoms. The van der Waals surface area contributed by atoms with Gasteiger partial charge in [0.1, 0.15) is 0 Å². The largest absolute Gasteiger partial charge is 0.381 e. The monoisotopic (exact) mass is 464 g/mol. The van der Waals surface area contributed by atoms with Gasteiger partial charge in [0, 0.05) is 13.0 Å². The third-order valence-corrected chi connectivity index (χ3v) is 7.17. The molecular formula is C25H52O5S. The fourth-order valence-corrected chi connectivity index (χ4v) is 4.94. The molecule has 0 bridgehead atoms. The first-order valence-corrected chi connectivity index (χ1v) is 14.2. The summed E-state index contributed by atoms with van der Waals surface area (Å²) in [7, 11) is 0. The number of unbranched alkanes of at least 4 members (excludes halogenated alkanes) is 11. The fourth-order valence-electron chi connectivity index (χ4n) is 4.14. The molecule has 3 atom stereocenters. The van der Waals surface area contributed by atoms with Crippen LogP contribution < -0.4 is 0 Å². The third-order valence-electron chi connectivity index (χ3n) is 6.17. The highest BCUT2D eigenvalue weighted by Crippen LogP contribution is 2.25. The van der Waals surface area contributed by atoms with E-state index in [9.17, 15) is 8.76 Å². The van der Waals surface area contributed by atoms with Crippen LogP contribution in [0.25, 0.3) is 0 Å². The Labute approximate surface area is 195 Å². The van der Waals surface area contributed by atoms with Gasteiger partial charge in [-0.2, -0.15) is 0 Å². The van der Waals surface area contributed by atoms with Gasteiger partial charge in [-0.15, -0.1) is 0 Å².